The summed E-state index contributed by atoms with van der Waals surface area (Å²) < 4.78 is 0. The first kappa shape index (κ1) is 26.7. The van der Waals surface area contributed by atoms with Crippen molar-refractivity contribution in [1.29, 1.82) is 0 Å². The zero-order chi connectivity index (χ0) is 26.1. The molecule has 0 aliphatic heterocycles. The number of rotatable bonds is 4. The van der Waals surface area contributed by atoms with Crippen molar-refractivity contribution in [1.82, 2.24) is 10.6 Å². The molecule has 4 atom stereocenters. The number of benzene rings is 2. The maximum atomic E-state index is 13.0. The van der Waals surface area contributed by atoms with Crippen LogP contribution in [0.2, 0.25) is 0 Å². The van der Waals surface area contributed by atoms with E-state index in [9.17, 15) is 9.59 Å². The first-order valence-corrected chi connectivity index (χ1v) is 14.1. The van der Waals surface area contributed by atoms with Gasteiger partial charge in [-0.1, -0.05) is 66.5 Å². The fraction of sp³-hybridized carbons (Fsp3) is 0.625. The summed E-state index contributed by atoms with van der Waals surface area (Å²) in [7, 11) is 0. The van der Waals surface area contributed by atoms with Crippen LogP contribution < -0.4 is 10.6 Å². The molecule has 4 heteroatoms. The molecule has 2 fully saturated rings. The van der Waals surface area contributed by atoms with Gasteiger partial charge in [-0.3, -0.25) is 9.59 Å². The highest BCUT2D eigenvalue weighted by Gasteiger charge is 2.32. The lowest BCUT2D eigenvalue weighted by molar-refractivity contribution is 0.0883. The Morgan fingerprint density at radius 1 is 0.639 bits per heavy atom. The molecule has 0 saturated heterocycles. The third-order valence-electron chi connectivity index (χ3n) is 8.83. The van der Waals surface area contributed by atoms with E-state index in [1.807, 2.05) is 36.4 Å². The van der Waals surface area contributed by atoms with Gasteiger partial charge >= 0.3 is 0 Å². The number of amides is 2. The summed E-state index contributed by atoms with van der Waals surface area (Å²) in [5.41, 5.74) is 1.93. The summed E-state index contributed by atoms with van der Waals surface area (Å²) in [5, 5.41) is 8.55. The van der Waals surface area contributed by atoms with E-state index in [4.69, 9.17) is 0 Å². The molecule has 0 spiro atoms. The van der Waals surface area contributed by atoms with Gasteiger partial charge < -0.3 is 10.6 Å². The fourth-order valence-electron chi connectivity index (χ4n) is 6.28. The van der Waals surface area contributed by atoms with E-state index < -0.39 is 0 Å². The van der Waals surface area contributed by atoms with E-state index in [0.717, 1.165) is 36.5 Å². The predicted molar refractivity (Wildman–Crippen MR) is 149 cm³/mol. The number of hydrogen-bond donors (Lipinski definition) is 2. The Morgan fingerprint density at radius 3 is 1.39 bits per heavy atom. The van der Waals surface area contributed by atoms with E-state index in [1.54, 1.807) is 0 Å². The fourth-order valence-corrected chi connectivity index (χ4v) is 6.28. The van der Waals surface area contributed by atoms with E-state index in [-0.39, 0.29) is 34.7 Å². The minimum Gasteiger partial charge on any atom is -0.349 e. The van der Waals surface area contributed by atoms with Crippen LogP contribution in [0.3, 0.4) is 0 Å². The highest BCUT2D eigenvalue weighted by molar-refractivity contribution is 6.02. The Labute approximate surface area is 218 Å². The lowest BCUT2D eigenvalue weighted by Gasteiger charge is -2.38. The Hall–Kier alpha value is -2.36. The SMILES string of the molecule is CC(C)(C)C1CCCC(NC(=O)c2ccc3cc(C(=O)NC4CCCC(C(C)(C)C)C4)ccc3c2)C1. The molecule has 2 aromatic carbocycles. The van der Waals surface area contributed by atoms with Gasteiger partial charge in [0, 0.05) is 23.2 Å². The van der Waals surface area contributed by atoms with Gasteiger partial charge in [-0.05, 0) is 96.2 Å². The molecule has 0 bridgehead atoms. The van der Waals surface area contributed by atoms with Crippen molar-refractivity contribution >= 4 is 22.6 Å². The average Bonchev–Trinajstić information content (AvgIpc) is 2.82. The van der Waals surface area contributed by atoms with E-state index in [1.165, 1.54) is 25.7 Å². The molecule has 2 N–H and O–H groups in total. The van der Waals surface area contributed by atoms with Crippen LogP contribution in [0.5, 0.6) is 0 Å². The normalized spacial score (nSPS) is 25.4. The zero-order valence-electron chi connectivity index (χ0n) is 23.2. The Kier molecular flexibility index (Phi) is 7.83. The molecule has 2 aliphatic carbocycles. The number of nitrogens with one attached hydrogen (secondary N) is 2. The molecule has 4 unspecified atom stereocenters. The van der Waals surface area contributed by atoms with Crippen molar-refractivity contribution in [2.24, 2.45) is 22.7 Å². The standard InChI is InChI=1S/C32H46N2O2/c1-31(2,3)25-9-7-11-27(19-25)33-29(35)23-15-13-22-18-24(16-14-21(22)17-23)30(36)34-28-12-8-10-26(20-28)32(4,5)6/h13-18,25-28H,7-12,19-20H2,1-6H3,(H,33,35)(H,34,36). The molecule has 2 aliphatic rings. The van der Waals surface area contributed by atoms with Gasteiger partial charge in [0.1, 0.15) is 0 Å². The van der Waals surface area contributed by atoms with Crippen molar-refractivity contribution < 1.29 is 9.59 Å². The molecule has 2 aromatic rings. The summed E-state index contributed by atoms with van der Waals surface area (Å²) in [4.78, 5) is 26.1. The molecule has 2 saturated carbocycles. The van der Waals surface area contributed by atoms with Crippen LogP contribution in [-0.2, 0) is 0 Å². The van der Waals surface area contributed by atoms with Gasteiger partial charge in [0.05, 0.1) is 0 Å². The first-order chi connectivity index (χ1) is 16.9. The second kappa shape index (κ2) is 10.6. The third kappa shape index (κ3) is 6.49. The summed E-state index contributed by atoms with van der Waals surface area (Å²) in [5.74, 6) is 1.30. The van der Waals surface area contributed by atoms with Gasteiger partial charge in [-0.25, -0.2) is 0 Å². The molecule has 4 nitrogen and oxygen atoms in total. The molecule has 196 valence electrons. The molecular formula is C32H46N2O2. The van der Waals surface area contributed by atoms with Crippen molar-refractivity contribution in [2.45, 2.75) is 105 Å². The van der Waals surface area contributed by atoms with Crippen LogP contribution in [0.15, 0.2) is 36.4 Å². The molecule has 0 radical (unpaired) electrons. The van der Waals surface area contributed by atoms with Crippen molar-refractivity contribution in [2.75, 3.05) is 0 Å². The van der Waals surface area contributed by atoms with Crippen LogP contribution in [0, 0.1) is 22.7 Å². The molecule has 0 heterocycles. The monoisotopic (exact) mass is 490 g/mol. The number of hydrogen-bond acceptors (Lipinski definition) is 2. The number of fused-ring (bicyclic) bond motifs is 1. The molecule has 2 amide bonds. The predicted octanol–water partition coefficient (Wildman–Crippen LogP) is 7.51. The van der Waals surface area contributed by atoms with E-state index >= 15 is 0 Å². The maximum Gasteiger partial charge on any atom is 0.251 e. The highest BCUT2D eigenvalue weighted by atomic mass is 16.2. The molecular weight excluding hydrogens is 444 g/mol. The van der Waals surface area contributed by atoms with E-state index in [2.05, 4.69) is 52.2 Å². The zero-order valence-corrected chi connectivity index (χ0v) is 23.2. The first-order valence-electron chi connectivity index (χ1n) is 14.1. The molecule has 0 aromatic heterocycles. The minimum absolute atomic E-state index is 0.00368. The van der Waals surface area contributed by atoms with Crippen LogP contribution in [0.1, 0.15) is 114 Å². The minimum atomic E-state index is 0.00368. The van der Waals surface area contributed by atoms with Gasteiger partial charge in [0.25, 0.3) is 11.8 Å². The number of carbonyl (C=O) groups excluding carboxylic acids is 2. The second-order valence-corrected chi connectivity index (χ2v) is 13.6. The third-order valence-corrected chi connectivity index (χ3v) is 8.83. The lowest BCUT2D eigenvalue weighted by Crippen LogP contribution is -2.41. The van der Waals surface area contributed by atoms with Crippen LogP contribution in [0.25, 0.3) is 10.8 Å². The topological polar surface area (TPSA) is 58.2 Å². The smallest absolute Gasteiger partial charge is 0.251 e. The summed E-state index contributed by atoms with van der Waals surface area (Å²) in [6, 6.07) is 12.1. The molecule has 4 rings (SSSR count). The quantitative estimate of drug-likeness (QED) is 0.466. The van der Waals surface area contributed by atoms with Gasteiger partial charge in [0.15, 0.2) is 0 Å². The largest absolute Gasteiger partial charge is 0.349 e. The Bertz CT molecular complexity index is 1000. The summed E-state index contributed by atoms with van der Waals surface area (Å²) >= 11 is 0. The van der Waals surface area contributed by atoms with Crippen LogP contribution in [0.4, 0.5) is 0 Å². The number of carbonyl (C=O) groups is 2. The summed E-state index contributed by atoms with van der Waals surface area (Å²) in [6.45, 7) is 13.8. The van der Waals surface area contributed by atoms with Crippen molar-refractivity contribution in [3.8, 4) is 0 Å². The average molecular weight is 491 g/mol. The van der Waals surface area contributed by atoms with Gasteiger partial charge in [-0.15, -0.1) is 0 Å². The Balaban J connectivity index is 1.39. The second-order valence-electron chi connectivity index (χ2n) is 13.6. The van der Waals surface area contributed by atoms with Crippen molar-refractivity contribution in [3.05, 3.63) is 47.5 Å². The van der Waals surface area contributed by atoms with Crippen LogP contribution >= 0.6 is 0 Å². The Morgan fingerprint density at radius 2 is 1.03 bits per heavy atom. The highest BCUT2D eigenvalue weighted by Crippen LogP contribution is 2.39. The van der Waals surface area contributed by atoms with E-state index in [0.29, 0.717) is 23.0 Å². The van der Waals surface area contributed by atoms with Gasteiger partial charge in [0.2, 0.25) is 0 Å². The lowest BCUT2D eigenvalue weighted by atomic mass is 9.71. The summed E-state index contributed by atoms with van der Waals surface area (Å²) in [6.07, 6.45) is 9.07. The van der Waals surface area contributed by atoms with Gasteiger partial charge in [-0.2, -0.15) is 0 Å². The maximum absolute atomic E-state index is 13.0. The van der Waals surface area contributed by atoms with Crippen LogP contribution in [-0.4, -0.2) is 23.9 Å². The van der Waals surface area contributed by atoms with Crippen molar-refractivity contribution in [3.63, 3.8) is 0 Å². The molecule has 36 heavy (non-hydrogen) atoms.